The molecule has 1 aliphatic rings. The van der Waals surface area contributed by atoms with Gasteiger partial charge in [-0.3, -0.25) is 4.79 Å². The highest BCUT2D eigenvalue weighted by atomic mass is 32.2. The lowest BCUT2D eigenvalue weighted by Crippen LogP contribution is -2.37. The van der Waals surface area contributed by atoms with E-state index in [4.69, 9.17) is 14.2 Å². The van der Waals surface area contributed by atoms with Crippen LogP contribution < -0.4 is 9.47 Å². The molecule has 0 aliphatic carbocycles. The van der Waals surface area contributed by atoms with E-state index in [1.165, 1.54) is 4.31 Å². The second kappa shape index (κ2) is 9.52. The number of para-hydroxylation sites is 1. The molecule has 1 aromatic rings. The Labute approximate surface area is 171 Å². The van der Waals surface area contributed by atoms with Gasteiger partial charge in [-0.15, -0.1) is 0 Å². The Morgan fingerprint density at radius 2 is 2.04 bits per heavy atom. The van der Waals surface area contributed by atoms with Crippen LogP contribution in [0.25, 0.3) is 0 Å². The third-order valence-electron chi connectivity index (χ3n) is 4.41. The van der Waals surface area contributed by atoms with E-state index in [0.29, 0.717) is 18.1 Å². The largest absolute Gasteiger partial charge is 0.483 e. The van der Waals surface area contributed by atoms with Gasteiger partial charge in [-0.25, -0.2) is 13.4 Å². The molecule has 1 amide bonds. The Balaban J connectivity index is 2.04. The lowest BCUT2D eigenvalue weighted by atomic mass is 10.0. The SMILES string of the molecule is CCOC(=O)CN(SN(C)C(=O)Oc1cccc2c1OC(C)(C)C2)C(C)CC. The highest BCUT2D eigenvalue weighted by Crippen LogP contribution is 2.42. The van der Waals surface area contributed by atoms with Gasteiger partial charge < -0.3 is 14.2 Å². The van der Waals surface area contributed by atoms with Crippen LogP contribution in [0.2, 0.25) is 0 Å². The molecular weight excluding hydrogens is 380 g/mol. The molecule has 2 rings (SSSR count). The lowest BCUT2D eigenvalue weighted by molar-refractivity contribution is -0.143. The van der Waals surface area contributed by atoms with Crippen molar-refractivity contribution in [1.82, 2.24) is 8.61 Å². The summed E-state index contributed by atoms with van der Waals surface area (Å²) in [5.74, 6) is 0.694. The first-order valence-corrected chi connectivity index (χ1v) is 10.3. The first kappa shape index (κ1) is 22.4. The summed E-state index contributed by atoms with van der Waals surface area (Å²) in [6.45, 7) is 10.2. The van der Waals surface area contributed by atoms with Gasteiger partial charge in [0.05, 0.1) is 6.61 Å². The maximum Gasteiger partial charge on any atom is 0.426 e. The Morgan fingerprint density at radius 3 is 2.68 bits per heavy atom. The normalized spacial score (nSPS) is 15.5. The molecular formula is C20H30N2O5S. The number of nitrogens with zero attached hydrogens (tertiary/aromatic N) is 2. The predicted octanol–water partition coefficient (Wildman–Crippen LogP) is 4.06. The van der Waals surface area contributed by atoms with E-state index in [-0.39, 0.29) is 24.2 Å². The number of rotatable bonds is 8. The number of fused-ring (bicyclic) bond motifs is 1. The fourth-order valence-electron chi connectivity index (χ4n) is 2.82. The maximum absolute atomic E-state index is 12.6. The molecule has 0 radical (unpaired) electrons. The zero-order chi connectivity index (χ0) is 20.9. The van der Waals surface area contributed by atoms with Gasteiger partial charge >= 0.3 is 12.1 Å². The summed E-state index contributed by atoms with van der Waals surface area (Å²) in [6.07, 6.45) is 1.05. The van der Waals surface area contributed by atoms with E-state index in [1.54, 1.807) is 20.0 Å². The minimum Gasteiger partial charge on any atom is -0.483 e. The average Bonchev–Trinajstić information content (AvgIpc) is 2.95. The standard InChI is InChI=1S/C20H30N2O5S/c1-7-14(3)22(13-17(23)25-8-2)28-21(6)19(24)26-16-11-9-10-15-12-20(4,5)27-18(15)16/h9-11,14H,7-8,12-13H2,1-6H3. The van der Waals surface area contributed by atoms with E-state index in [2.05, 4.69) is 0 Å². The fourth-order valence-corrected chi connectivity index (χ4v) is 3.71. The van der Waals surface area contributed by atoms with E-state index >= 15 is 0 Å². The molecule has 1 atom stereocenters. The molecule has 0 N–H and O–H groups in total. The van der Waals surface area contributed by atoms with Crippen molar-refractivity contribution in [3.63, 3.8) is 0 Å². The molecule has 156 valence electrons. The van der Waals surface area contributed by atoms with Crippen molar-refractivity contribution in [2.24, 2.45) is 0 Å². The van der Waals surface area contributed by atoms with Crippen LogP contribution in [0.15, 0.2) is 18.2 Å². The summed E-state index contributed by atoms with van der Waals surface area (Å²) in [7, 11) is 1.61. The van der Waals surface area contributed by atoms with Crippen molar-refractivity contribution in [3.8, 4) is 11.5 Å². The van der Waals surface area contributed by atoms with Crippen molar-refractivity contribution in [3.05, 3.63) is 23.8 Å². The molecule has 8 heteroatoms. The number of ether oxygens (including phenoxy) is 3. The molecule has 0 bridgehead atoms. The molecule has 1 aromatic carbocycles. The highest BCUT2D eigenvalue weighted by molar-refractivity contribution is 7.95. The Morgan fingerprint density at radius 1 is 1.32 bits per heavy atom. The number of carbonyl (C=O) groups is 2. The second-order valence-corrected chi connectivity index (χ2v) is 8.55. The number of carbonyl (C=O) groups excluding carboxylic acids is 2. The quantitative estimate of drug-likeness (QED) is 0.473. The number of amides is 1. The highest BCUT2D eigenvalue weighted by Gasteiger charge is 2.33. The summed E-state index contributed by atoms with van der Waals surface area (Å²) < 4.78 is 19.7. The van der Waals surface area contributed by atoms with Gasteiger partial charge in [-0.2, -0.15) is 0 Å². The second-order valence-electron chi connectivity index (χ2n) is 7.37. The minimum absolute atomic E-state index is 0.0785. The van der Waals surface area contributed by atoms with Crippen molar-refractivity contribution in [2.45, 2.75) is 59.1 Å². The van der Waals surface area contributed by atoms with Gasteiger partial charge in [0, 0.05) is 37.2 Å². The molecule has 1 aliphatic heterocycles. The van der Waals surface area contributed by atoms with Gasteiger partial charge in [-0.05, 0) is 40.2 Å². The van der Waals surface area contributed by atoms with Crippen LogP contribution in [0.4, 0.5) is 4.79 Å². The van der Waals surface area contributed by atoms with E-state index in [0.717, 1.165) is 30.5 Å². The van der Waals surface area contributed by atoms with Crippen LogP contribution in [0.5, 0.6) is 11.5 Å². The molecule has 28 heavy (non-hydrogen) atoms. The predicted molar refractivity (Wildman–Crippen MR) is 109 cm³/mol. The Bertz CT molecular complexity index is 710. The van der Waals surface area contributed by atoms with Gasteiger partial charge in [0.15, 0.2) is 11.5 Å². The van der Waals surface area contributed by atoms with Crippen LogP contribution in [-0.4, -0.2) is 52.5 Å². The van der Waals surface area contributed by atoms with Crippen molar-refractivity contribution in [1.29, 1.82) is 0 Å². The summed E-state index contributed by atoms with van der Waals surface area (Å²) in [5.41, 5.74) is 0.701. The first-order valence-electron chi connectivity index (χ1n) is 9.53. The first-order chi connectivity index (χ1) is 13.2. The lowest BCUT2D eigenvalue weighted by Gasteiger charge is -2.29. The monoisotopic (exact) mass is 410 g/mol. The molecule has 1 unspecified atom stereocenters. The fraction of sp³-hybridized carbons (Fsp3) is 0.600. The molecule has 0 saturated heterocycles. The minimum atomic E-state index is -0.538. The number of hydrogen-bond acceptors (Lipinski definition) is 7. The summed E-state index contributed by atoms with van der Waals surface area (Å²) in [4.78, 5) is 24.5. The van der Waals surface area contributed by atoms with E-state index in [1.807, 2.05) is 44.1 Å². The summed E-state index contributed by atoms with van der Waals surface area (Å²) >= 11 is 1.14. The number of benzene rings is 1. The average molecular weight is 411 g/mol. The van der Waals surface area contributed by atoms with Gasteiger partial charge in [0.1, 0.15) is 12.1 Å². The molecule has 0 spiro atoms. The summed E-state index contributed by atoms with van der Waals surface area (Å²) in [5, 5.41) is 0. The Kier molecular flexibility index (Phi) is 7.60. The van der Waals surface area contributed by atoms with Crippen molar-refractivity contribution in [2.75, 3.05) is 20.2 Å². The van der Waals surface area contributed by atoms with Crippen LogP contribution in [0.3, 0.4) is 0 Å². The molecule has 1 heterocycles. The van der Waals surface area contributed by atoms with Crippen molar-refractivity contribution >= 4 is 24.2 Å². The van der Waals surface area contributed by atoms with Crippen LogP contribution in [0.1, 0.15) is 46.6 Å². The van der Waals surface area contributed by atoms with Gasteiger partial charge in [-0.1, -0.05) is 19.1 Å². The third kappa shape index (κ3) is 5.78. The van der Waals surface area contributed by atoms with Gasteiger partial charge in [0.2, 0.25) is 0 Å². The third-order valence-corrected chi connectivity index (χ3v) is 5.50. The molecule has 0 fully saturated rings. The molecule has 0 saturated carbocycles. The summed E-state index contributed by atoms with van der Waals surface area (Å²) in [6, 6.07) is 5.63. The molecule has 0 aromatic heterocycles. The van der Waals surface area contributed by atoms with Crippen molar-refractivity contribution < 1.29 is 23.8 Å². The number of hydrogen-bond donors (Lipinski definition) is 0. The molecule has 7 nitrogen and oxygen atoms in total. The van der Waals surface area contributed by atoms with E-state index < -0.39 is 6.09 Å². The topological polar surface area (TPSA) is 68.3 Å². The van der Waals surface area contributed by atoms with Crippen LogP contribution >= 0.6 is 12.1 Å². The van der Waals surface area contributed by atoms with Crippen LogP contribution in [-0.2, 0) is 16.0 Å². The maximum atomic E-state index is 12.6. The smallest absolute Gasteiger partial charge is 0.426 e. The number of esters is 1. The van der Waals surface area contributed by atoms with Crippen LogP contribution in [0, 0.1) is 0 Å². The zero-order valence-corrected chi connectivity index (χ0v) is 18.3. The van der Waals surface area contributed by atoms with Gasteiger partial charge in [0.25, 0.3) is 0 Å². The Hall–Kier alpha value is -1.93. The zero-order valence-electron chi connectivity index (χ0n) is 17.5. The van der Waals surface area contributed by atoms with E-state index in [9.17, 15) is 9.59 Å².